The molecule has 1 rings (SSSR count). The summed E-state index contributed by atoms with van der Waals surface area (Å²) in [7, 11) is 0. The molecule has 1 heterocycles. The molecule has 0 radical (unpaired) electrons. The average Bonchev–Trinajstić information content (AvgIpc) is 3.47. The van der Waals surface area contributed by atoms with Gasteiger partial charge in [0, 0.05) is 25.5 Å². The maximum Gasteiger partial charge on any atom is 0.322 e. The molecule has 22 nitrogen and oxygen atoms in total. The second-order valence-corrected chi connectivity index (χ2v) is 9.74. The van der Waals surface area contributed by atoms with Gasteiger partial charge in [-0.2, -0.15) is 0 Å². The first-order valence-corrected chi connectivity index (χ1v) is 13.5. The zero-order valence-corrected chi connectivity index (χ0v) is 26.0. The lowest BCUT2D eigenvalue weighted by molar-refractivity contribution is -0.141. The van der Waals surface area contributed by atoms with Crippen molar-refractivity contribution in [3.8, 4) is 0 Å². The molecule has 0 bridgehead atoms. The number of carbonyl (C=O) groups is 7. The predicted octanol–water partition coefficient (Wildman–Crippen LogP) is -3.87. The highest BCUT2D eigenvalue weighted by Crippen LogP contribution is 2.01. The van der Waals surface area contributed by atoms with Gasteiger partial charge in [-0.1, -0.05) is 13.8 Å². The molecule has 22 heteroatoms. The van der Waals surface area contributed by atoms with Crippen LogP contribution in [0.25, 0.3) is 0 Å². The third-order valence-electron chi connectivity index (χ3n) is 4.86. The van der Waals surface area contributed by atoms with Crippen LogP contribution in [0.3, 0.4) is 0 Å². The minimum atomic E-state index is -1.18. The fraction of sp³-hybridized carbons (Fsp3) is 0.600. The van der Waals surface area contributed by atoms with Crippen LogP contribution in [0.4, 0.5) is 0 Å². The number of aromatic nitrogens is 2. The standard InChI is InChI=1S/C6H9N3O2.C6H13NO2.C5H10N2O3.C5H9NO4.C3H7NO3/c7-5(6(10)11)1-4-2-8-3-9-4;1-4(2)3-5(7)6(8)9;2*6-3(5(9)10)1-2-4(7)8;4-2(1-5)3(6)7/h2-3,5H,1,7H2,(H,8,9)(H,10,11);4-5H,3,7H2,1-2H3,(H,8,9);3H,1-2,6H2,(H2,7,8)(H,9,10);3H,1-2,6H2,(H,7,8)(H,9,10);2,5H,1,4H2,(H,6,7). The summed E-state index contributed by atoms with van der Waals surface area (Å²) in [4.78, 5) is 76.6. The number of imidazole rings is 1. The number of hydrogen-bond donors (Lipinski definition) is 14. The molecule has 0 fully saturated rings. The Kier molecular flexibility index (Phi) is 30.0. The summed E-state index contributed by atoms with van der Waals surface area (Å²) in [6.45, 7) is 3.39. The highest BCUT2D eigenvalue weighted by Gasteiger charge is 2.14. The number of aromatic amines is 1. The summed E-state index contributed by atoms with van der Waals surface area (Å²) >= 11 is 0. The monoisotopic (exact) mass is 684 g/mol. The number of hydrogen-bond acceptors (Lipinski definition) is 14. The molecule has 0 aliphatic rings. The second-order valence-electron chi connectivity index (χ2n) is 9.74. The molecule has 1 amide bonds. The summed E-state index contributed by atoms with van der Waals surface area (Å²) in [5, 5.41) is 57.1. The highest BCUT2D eigenvalue weighted by atomic mass is 16.4. The average molecular weight is 685 g/mol. The summed E-state index contributed by atoms with van der Waals surface area (Å²) in [6, 6.07) is -4.72. The SMILES string of the molecule is CC(C)CC(N)C(=O)O.NC(=O)CCC(N)C(=O)O.NC(CCC(=O)O)C(=O)O.NC(CO)C(=O)O.NC(Cc1c[nH]cn1)C(=O)O. The number of nitrogens with two attached hydrogens (primary N) is 6. The van der Waals surface area contributed by atoms with E-state index in [1.54, 1.807) is 6.20 Å². The van der Waals surface area contributed by atoms with Crippen molar-refractivity contribution < 1.29 is 69.3 Å². The molecule has 0 aromatic carbocycles. The van der Waals surface area contributed by atoms with Crippen LogP contribution in [0.15, 0.2) is 12.5 Å². The van der Waals surface area contributed by atoms with Crippen molar-refractivity contribution >= 4 is 41.7 Å². The molecule has 0 saturated heterocycles. The Bertz CT molecular complexity index is 1040. The zero-order chi connectivity index (χ0) is 37.9. The van der Waals surface area contributed by atoms with Crippen LogP contribution in [0, 0.1) is 5.92 Å². The molecular formula is C25H48N8O14. The van der Waals surface area contributed by atoms with E-state index >= 15 is 0 Å². The van der Waals surface area contributed by atoms with Gasteiger partial charge in [0.05, 0.1) is 18.6 Å². The van der Waals surface area contributed by atoms with E-state index in [4.69, 9.17) is 70.1 Å². The Labute approximate surface area is 269 Å². The third kappa shape index (κ3) is 35.6. The van der Waals surface area contributed by atoms with Crippen LogP contribution >= 0.6 is 0 Å². The van der Waals surface area contributed by atoms with E-state index in [0.29, 0.717) is 18.0 Å². The van der Waals surface area contributed by atoms with Crippen LogP contribution in [-0.2, 0) is 40.0 Å². The van der Waals surface area contributed by atoms with E-state index in [1.165, 1.54) is 6.33 Å². The Hall–Kier alpha value is -4.74. The maximum absolute atomic E-state index is 10.3. The van der Waals surface area contributed by atoms with Crippen LogP contribution in [0.1, 0.15) is 51.6 Å². The van der Waals surface area contributed by atoms with Crippen LogP contribution < -0.4 is 34.4 Å². The summed E-state index contributed by atoms with van der Waals surface area (Å²) in [5.41, 5.74) is 30.7. The molecule has 0 aliphatic carbocycles. The van der Waals surface area contributed by atoms with E-state index < -0.39 is 78.5 Å². The number of amides is 1. The molecule has 0 aliphatic heterocycles. The predicted molar refractivity (Wildman–Crippen MR) is 162 cm³/mol. The number of H-pyrrole nitrogens is 1. The summed E-state index contributed by atoms with van der Waals surface area (Å²) in [6.07, 6.45) is 3.83. The highest BCUT2D eigenvalue weighted by molar-refractivity contribution is 5.77. The zero-order valence-electron chi connectivity index (χ0n) is 26.0. The number of aliphatic carboxylic acids is 6. The minimum absolute atomic E-state index is 0.0213. The van der Waals surface area contributed by atoms with Crippen LogP contribution in [-0.4, -0.2) is 124 Å². The summed E-state index contributed by atoms with van der Waals surface area (Å²) in [5.74, 6) is -6.58. The largest absolute Gasteiger partial charge is 0.481 e. The molecular weight excluding hydrogens is 636 g/mol. The number of aliphatic hydroxyl groups excluding tert-OH is 1. The van der Waals surface area contributed by atoms with E-state index in [1.807, 2.05) is 13.8 Å². The first-order valence-electron chi connectivity index (χ1n) is 13.5. The normalized spacial score (nSPS) is 13.0. The first-order chi connectivity index (χ1) is 21.5. The number of rotatable bonds is 16. The molecule has 1 aromatic heterocycles. The molecule has 0 saturated carbocycles. The Morgan fingerprint density at radius 1 is 0.681 bits per heavy atom. The number of primary amides is 1. The smallest absolute Gasteiger partial charge is 0.322 e. The van der Waals surface area contributed by atoms with E-state index in [2.05, 4.69) is 9.97 Å². The topological polar surface area (TPSA) is 446 Å². The lowest BCUT2D eigenvalue weighted by atomic mass is 10.1. The number of aliphatic hydroxyl groups is 1. The van der Waals surface area contributed by atoms with Crippen molar-refractivity contribution in [3.05, 3.63) is 18.2 Å². The molecule has 0 spiro atoms. The Balaban J connectivity index is -0.000000248. The van der Waals surface area contributed by atoms with Crippen LogP contribution in [0.2, 0.25) is 0 Å². The number of nitrogens with one attached hydrogen (secondary N) is 1. The van der Waals surface area contributed by atoms with Crippen molar-refractivity contribution in [1.29, 1.82) is 0 Å². The van der Waals surface area contributed by atoms with Crippen molar-refractivity contribution in [3.63, 3.8) is 0 Å². The van der Waals surface area contributed by atoms with Gasteiger partial charge in [-0.3, -0.25) is 33.6 Å². The van der Waals surface area contributed by atoms with Crippen molar-refractivity contribution in [2.45, 2.75) is 82.6 Å². The van der Waals surface area contributed by atoms with Crippen molar-refractivity contribution in [2.24, 2.45) is 40.3 Å². The van der Waals surface area contributed by atoms with Gasteiger partial charge in [0.15, 0.2) is 0 Å². The fourth-order valence-electron chi connectivity index (χ4n) is 2.23. The maximum atomic E-state index is 10.3. The molecule has 1 aromatic rings. The lowest BCUT2D eigenvalue weighted by Gasteiger charge is -2.07. The minimum Gasteiger partial charge on any atom is -0.481 e. The van der Waals surface area contributed by atoms with Gasteiger partial charge in [0.1, 0.15) is 30.2 Å². The van der Waals surface area contributed by atoms with Gasteiger partial charge < -0.3 is 75.1 Å². The van der Waals surface area contributed by atoms with E-state index in [-0.39, 0.29) is 32.1 Å². The number of carboxylic acids is 6. The first kappa shape index (κ1) is 49.1. The Morgan fingerprint density at radius 3 is 1.32 bits per heavy atom. The quantitative estimate of drug-likeness (QED) is 0.0791. The van der Waals surface area contributed by atoms with E-state index in [0.717, 1.165) is 0 Å². The lowest BCUT2D eigenvalue weighted by Crippen LogP contribution is -2.33. The van der Waals surface area contributed by atoms with Gasteiger partial charge in [-0.05, 0) is 25.2 Å². The van der Waals surface area contributed by atoms with Gasteiger partial charge in [0.2, 0.25) is 5.91 Å². The number of nitrogens with zero attached hydrogens (tertiary/aromatic N) is 1. The van der Waals surface area contributed by atoms with Gasteiger partial charge in [0.25, 0.3) is 0 Å². The van der Waals surface area contributed by atoms with Crippen molar-refractivity contribution in [2.75, 3.05) is 6.61 Å². The van der Waals surface area contributed by atoms with Crippen LogP contribution in [0.5, 0.6) is 0 Å². The van der Waals surface area contributed by atoms with Crippen molar-refractivity contribution in [1.82, 2.24) is 9.97 Å². The number of carbonyl (C=O) groups excluding carboxylic acids is 1. The molecule has 272 valence electrons. The fourth-order valence-corrected chi connectivity index (χ4v) is 2.23. The number of carboxylic acid groups (broad SMARTS) is 6. The second kappa shape index (κ2) is 28.7. The third-order valence-corrected chi connectivity index (χ3v) is 4.86. The molecule has 47 heavy (non-hydrogen) atoms. The molecule has 5 atom stereocenters. The molecule has 5 unspecified atom stereocenters. The van der Waals surface area contributed by atoms with Gasteiger partial charge in [-0.15, -0.1) is 0 Å². The van der Waals surface area contributed by atoms with E-state index in [9.17, 15) is 33.6 Å². The van der Waals surface area contributed by atoms with Gasteiger partial charge in [-0.25, -0.2) is 4.98 Å². The summed E-state index contributed by atoms with van der Waals surface area (Å²) < 4.78 is 0. The van der Waals surface area contributed by atoms with Gasteiger partial charge >= 0.3 is 35.8 Å². The Morgan fingerprint density at radius 2 is 1.09 bits per heavy atom. The molecule has 20 N–H and O–H groups in total.